The number of nitrogen functional groups attached to an aromatic ring is 1. The molecular weight excluding hydrogens is 378 g/mol. The van der Waals surface area contributed by atoms with Crippen LogP contribution in [-0.2, 0) is 22.6 Å². The van der Waals surface area contributed by atoms with Crippen molar-refractivity contribution < 1.29 is 14.3 Å². The van der Waals surface area contributed by atoms with E-state index in [1.54, 1.807) is 12.0 Å². The van der Waals surface area contributed by atoms with Crippen LogP contribution in [-0.4, -0.2) is 36.4 Å². The number of hydrogen-bond donors (Lipinski definition) is 2. The highest BCUT2D eigenvalue weighted by molar-refractivity contribution is 5.89. The summed E-state index contributed by atoms with van der Waals surface area (Å²) in [4.78, 5) is 26.6. The normalized spacial score (nSPS) is 15.8. The number of methoxy groups -OCH3 is 1. The maximum absolute atomic E-state index is 12.6. The molecule has 7 heteroatoms. The molecule has 1 atom stereocenters. The molecule has 0 bridgehead atoms. The Balaban J connectivity index is 0.00000280. The highest BCUT2D eigenvalue weighted by atomic mass is 35.5. The number of carbonyl (C=O) groups is 2. The van der Waals surface area contributed by atoms with Crippen molar-refractivity contribution in [3.05, 3.63) is 59.7 Å². The molecule has 150 valence electrons. The van der Waals surface area contributed by atoms with Crippen LogP contribution in [0.4, 0.5) is 5.69 Å². The summed E-state index contributed by atoms with van der Waals surface area (Å²) >= 11 is 0. The van der Waals surface area contributed by atoms with Crippen LogP contribution in [0.15, 0.2) is 48.5 Å². The van der Waals surface area contributed by atoms with Crippen LogP contribution < -0.4 is 15.8 Å². The second-order valence-corrected chi connectivity index (χ2v) is 6.72. The average Bonchev–Trinajstić information content (AvgIpc) is 3.01. The first-order valence-corrected chi connectivity index (χ1v) is 9.11. The van der Waals surface area contributed by atoms with Crippen molar-refractivity contribution in [3.8, 4) is 5.75 Å². The lowest BCUT2D eigenvalue weighted by molar-refractivity contribution is -0.133. The zero-order valence-corrected chi connectivity index (χ0v) is 16.7. The molecule has 0 spiro atoms. The van der Waals surface area contributed by atoms with Gasteiger partial charge in [0, 0.05) is 25.2 Å². The number of benzene rings is 2. The van der Waals surface area contributed by atoms with E-state index < -0.39 is 6.04 Å². The molecule has 0 radical (unpaired) electrons. The van der Waals surface area contributed by atoms with Gasteiger partial charge in [0.25, 0.3) is 0 Å². The highest BCUT2D eigenvalue weighted by Crippen LogP contribution is 2.18. The number of nitrogens with one attached hydrogen (secondary N) is 1. The molecule has 0 saturated carbocycles. The molecule has 1 saturated heterocycles. The molecule has 2 aromatic carbocycles. The van der Waals surface area contributed by atoms with E-state index in [9.17, 15) is 9.59 Å². The van der Waals surface area contributed by atoms with E-state index in [2.05, 4.69) is 5.32 Å². The van der Waals surface area contributed by atoms with Crippen LogP contribution in [0.25, 0.3) is 0 Å². The second kappa shape index (κ2) is 9.99. The Morgan fingerprint density at radius 3 is 2.61 bits per heavy atom. The van der Waals surface area contributed by atoms with Gasteiger partial charge in [-0.1, -0.05) is 30.3 Å². The summed E-state index contributed by atoms with van der Waals surface area (Å²) in [6.07, 6.45) is 1.51. The number of nitrogens with two attached hydrogens (primary N) is 1. The summed E-state index contributed by atoms with van der Waals surface area (Å²) in [5, 5.41) is 2.86. The van der Waals surface area contributed by atoms with Gasteiger partial charge in [0.05, 0.1) is 7.11 Å². The summed E-state index contributed by atoms with van der Waals surface area (Å²) in [6.45, 7) is 1.18. The number of likely N-dealkylation sites (tertiary alicyclic amines) is 1. The molecule has 6 nitrogen and oxygen atoms in total. The maximum Gasteiger partial charge on any atom is 0.245 e. The van der Waals surface area contributed by atoms with Gasteiger partial charge in [-0.25, -0.2) is 0 Å². The lowest BCUT2D eigenvalue weighted by atomic mass is 10.1. The Morgan fingerprint density at radius 1 is 1.21 bits per heavy atom. The SMILES string of the molecule is COc1ccc(CN2CCC(NC(=O)CCc3ccccc3N)C2=O)cc1.Cl. The largest absolute Gasteiger partial charge is 0.497 e. The van der Waals surface area contributed by atoms with Gasteiger partial charge in [0.2, 0.25) is 11.8 Å². The van der Waals surface area contributed by atoms with Gasteiger partial charge in [0.15, 0.2) is 0 Å². The number of aryl methyl sites for hydroxylation is 1. The summed E-state index contributed by atoms with van der Waals surface area (Å²) in [6, 6.07) is 14.7. The molecule has 1 aliphatic rings. The Bertz CT molecular complexity index is 811. The lowest BCUT2D eigenvalue weighted by Crippen LogP contribution is -2.41. The first kappa shape index (κ1) is 21.6. The lowest BCUT2D eigenvalue weighted by Gasteiger charge is -2.17. The number of para-hydroxylation sites is 1. The number of amides is 2. The van der Waals surface area contributed by atoms with Crippen molar-refractivity contribution in [2.75, 3.05) is 19.4 Å². The molecule has 1 fully saturated rings. The van der Waals surface area contributed by atoms with Gasteiger partial charge in [-0.3, -0.25) is 9.59 Å². The fourth-order valence-corrected chi connectivity index (χ4v) is 3.26. The molecule has 1 aliphatic heterocycles. The van der Waals surface area contributed by atoms with E-state index >= 15 is 0 Å². The maximum atomic E-state index is 12.6. The van der Waals surface area contributed by atoms with Gasteiger partial charge in [-0.05, 0) is 42.2 Å². The van der Waals surface area contributed by atoms with Crippen LogP contribution in [0.2, 0.25) is 0 Å². The Hall–Kier alpha value is -2.73. The van der Waals surface area contributed by atoms with E-state index in [1.165, 1.54) is 0 Å². The fourth-order valence-electron chi connectivity index (χ4n) is 3.26. The quantitative estimate of drug-likeness (QED) is 0.696. The van der Waals surface area contributed by atoms with Crippen LogP contribution in [0, 0.1) is 0 Å². The van der Waals surface area contributed by atoms with Crippen molar-refractivity contribution in [2.45, 2.75) is 31.8 Å². The van der Waals surface area contributed by atoms with E-state index in [1.807, 2.05) is 48.5 Å². The predicted molar refractivity (Wildman–Crippen MR) is 111 cm³/mol. The molecule has 3 rings (SSSR count). The Morgan fingerprint density at radius 2 is 1.93 bits per heavy atom. The van der Waals surface area contributed by atoms with Crippen molar-refractivity contribution in [1.29, 1.82) is 0 Å². The van der Waals surface area contributed by atoms with Gasteiger partial charge in [0.1, 0.15) is 11.8 Å². The molecule has 1 unspecified atom stereocenters. The zero-order valence-electron chi connectivity index (χ0n) is 15.9. The molecule has 1 heterocycles. The van der Waals surface area contributed by atoms with E-state index in [-0.39, 0.29) is 24.2 Å². The van der Waals surface area contributed by atoms with Crippen molar-refractivity contribution in [2.24, 2.45) is 0 Å². The molecule has 2 amide bonds. The minimum absolute atomic E-state index is 0. The third kappa shape index (κ3) is 5.39. The predicted octanol–water partition coefficient (Wildman–Crippen LogP) is 2.55. The number of halogens is 1. The van der Waals surface area contributed by atoms with E-state index in [4.69, 9.17) is 10.5 Å². The zero-order chi connectivity index (χ0) is 19.2. The molecular formula is C21H26ClN3O3. The van der Waals surface area contributed by atoms with Crippen molar-refractivity contribution in [3.63, 3.8) is 0 Å². The molecule has 3 N–H and O–H groups in total. The molecule has 0 aliphatic carbocycles. The van der Waals surface area contributed by atoms with Gasteiger partial charge < -0.3 is 20.7 Å². The summed E-state index contributed by atoms with van der Waals surface area (Å²) in [5.41, 5.74) is 8.58. The molecule has 0 aromatic heterocycles. The Labute approximate surface area is 171 Å². The Kier molecular flexibility index (Phi) is 7.70. The molecule has 28 heavy (non-hydrogen) atoms. The number of rotatable bonds is 7. The third-order valence-electron chi connectivity index (χ3n) is 4.84. The van der Waals surface area contributed by atoms with E-state index in [0.29, 0.717) is 38.0 Å². The fraction of sp³-hybridized carbons (Fsp3) is 0.333. The minimum atomic E-state index is -0.441. The number of ether oxygens (including phenoxy) is 1. The van der Waals surface area contributed by atoms with Gasteiger partial charge >= 0.3 is 0 Å². The number of hydrogen-bond acceptors (Lipinski definition) is 4. The first-order chi connectivity index (χ1) is 13.1. The van der Waals surface area contributed by atoms with Crippen molar-refractivity contribution in [1.82, 2.24) is 10.2 Å². The van der Waals surface area contributed by atoms with E-state index in [0.717, 1.165) is 16.9 Å². The first-order valence-electron chi connectivity index (χ1n) is 9.11. The average molecular weight is 404 g/mol. The monoisotopic (exact) mass is 403 g/mol. The third-order valence-corrected chi connectivity index (χ3v) is 4.84. The summed E-state index contributed by atoms with van der Waals surface area (Å²) in [5.74, 6) is 0.636. The van der Waals surface area contributed by atoms with Crippen LogP contribution in [0.1, 0.15) is 24.0 Å². The smallest absolute Gasteiger partial charge is 0.245 e. The summed E-state index contributed by atoms with van der Waals surface area (Å²) < 4.78 is 5.15. The standard InChI is InChI=1S/C21H25N3O3.ClH/c1-27-17-9-6-15(7-10-17)14-24-13-12-19(21(24)26)23-20(25)11-8-16-4-2-3-5-18(16)22;/h2-7,9-10,19H,8,11-14,22H2,1H3,(H,23,25);1H. The second-order valence-electron chi connectivity index (χ2n) is 6.72. The van der Waals surface area contributed by atoms with Crippen LogP contribution >= 0.6 is 12.4 Å². The van der Waals surface area contributed by atoms with Crippen molar-refractivity contribution >= 4 is 29.9 Å². The highest BCUT2D eigenvalue weighted by Gasteiger charge is 2.32. The van der Waals surface area contributed by atoms with Crippen LogP contribution in [0.3, 0.4) is 0 Å². The van der Waals surface area contributed by atoms with Gasteiger partial charge in [-0.2, -0.15) is 0 Å². The minimum Gasteiger partial charge on any atom is -0.497 e. The number of nitrogens with zero attached hydrogens (tertiary/aromatic N) is 1. The molecule has 2 aromatic rings. The summed E-state index contributed by atoms with van der Waals surface area (Å²) in [7, 11) is 1.62. The topological polar surface area (TPSA) is 84.7 Å². The van der Waals surface area contributed by atoms with Gasteiger partial charge in [-0.15, -0.1) is 12.4 Å². The van der Waals surface area contributed by atoms with Crippen LogP contribution in [0.5, 0.6) is 5.75 Å². The number of carbonyl (C=O) groups excluding carboxylic acids is 2. The number of anilines is 1.